The predicted octanol–water partition coefficient (Wildman–Crippen LogP) is 7.39. The average Bonchev–Trinajstić information content (AvgIpc) is 2.79. The first-order valence-corrected chi connectivity index (χ1v) is 10.3. The van der Waals surface area contributed by atoms with Crippen LogP contribution in [0.15, 0.2) is 91.1 Å². The van der Waals surface area contributed by atoms with Crippen LogP contribution in [-0.2, 0) is 0 Å². The molecule has 5 rings (SSSR count). The molecule has 5 aromatic rings. The molecule has 0 N–H and O–H groups in total. The lowest BCUT2D eigenvalue weighted by Crippen LogP contribution is -1.97. The molecule has 0 amide bonds. The highest BCUT2D eigenvalue weighted by molar-refractivity contribution is 5.93. The molecule has 0 bridgehead atoms. The van der Waals surface area contributed by atoms with Crippen LogP contribution in [-0.4, -0.2) is 9.97 Å². The van der Waals surface area contributed by atoms with E-state index in [-0.39, 0.29) is 5.82 Å². The second kappa shape index (κ2) is 7.77. The first-order valence-electron chi connectivity index (χ1n) is 10.3. The van der Waals surface area contributed by atoms with Gasteiger partial charge in [-0.3, -0.25) is 0 Å². The maximum atomic E-state index is 14.9. The molecule has 2 nitrogen and oxygen atoms in total. The Hall–Kier alpha value is -3.85. The molecule has 0 saturated carbocycles. The fourth-order valence-corrected chi connectivity index (χ4v) is 3.86. The van der Waals surface area contributed by atoms with Crippen molar-refractivity contribution in [2.45, 2.75) is 13.8 Å². The topological polar surface area (TPSA) is 25.8 Å². The average molecular weight is 404 g/mol. The van der Waals surface area contributed by atoms with Crippen LogP contribution < -0.4 is 0 Å². The maximum absolute atomic E-state index is 14.9. The van der Waals surface area contributed by atoms with Crippen molar-refractivity contribution in [2.24, 2.45) is 0 Å². The van der Waals surface area contributed by atoms with Gasteiger partial charge in [-0.15, -0.1) is 0 Å². The first kappa shape index (κ1) is 19.1. The van der Waals surface area contributed by atoms with Gasteiger partial charge in [-0.25, -0.2) is 14.4 Å². The summed E-state index contributed by atoms with van der Waals surface area (Å²) in [6.45, 7) is 4.08. The summed E-state index contributed by atoms with van der Waals surface area (Å²) in [6, 6.07) is 27.3. The summed E-state index contributed by atoms with van der Waals surface area (Å²) < 4.78 is 14.9. The largest absolute Gasteiger partial charge is 0.236 e. The molecule has 4 aromatic carbocycles. The van der Waals surface area contributed by atoms with E-state index < -0.39 is 0 Å². The third-order valence-electron chi connectivity index (χ3n) is 5.54. The Morgan fingerprint density at radius 3 is 1.81 bits per heavy atom. The number of para-hydroxylation sites is 1. The number of aromatic nitrogens is 2. The van der Waals surface area contributed by atoms with Gasteiger partial charge in [0.2, 0.25) is 0 Å². The summed E-state index contributed by atoms with van der Waals surface area (Å²) in [5.41, 5.74) is 7.44. The van der Waals surface area contributed by atoms with Gasteiger partial charge in [0.25, 0.3) is 0 Å². The Labute approximate surface area is 181 Å². The highest BCUT2D eigenvalue weighted by Crippen LogP contribution is 2.40. The molecule has 0 spiro atoms. The summed E-state index contributed by atoms with van der Waals surface area (Å²) in [5.74, 6) is 0.306. The molecule has 0 radical (unpaired) electrons. The molecule has 0 fully saturated rings. The van der Waals surface area contributed by atoms with Crippen LogP contribution in [0.4, 0.5) is 4.39 Å². The van der Waals surface area contributed by atoms with E-state index in [1.54, 1.807) is 12.1 Å². The van der Waals surface area contributed by atoms with Crippen molar-refractivity contribution in [2.75, 3.05) is 0 Å². The lowest BCUT2D eigenvalue weighted by Gasteiger charge is -2.16. The molecular formula is C28H21FN2. The minimum absolute atomic E-state index is 0.282. The van der Waals surface area contributed by atoms with Gasteiger partial charge < -0.3 is 0 Å². The van der Waals surface area contributed by atoms with E-state index in [0.717, 1.165) is 49.8 Å². The molecule has 31 heavy (non-hydrogen) atoms. The van der Waals surface area contributed by atoms with E-state index >= 15 is 0 Å². The van der Waals surface area contributed by atoms with Gasteiger partial charge in [0.15, 0.2) is 5.82 Å². The molecule has 0 aliphatic carbocycles. The molecule has 0 aliphatic rings. The zero-order chi connectivity index (χ0) is 21.4. The van der Waals surface area contributed by atoms with Crippen LogP contribution in [0.1, 0.15) is 11.1 Å². The minimum Gasteiger partial charge on any atom is -0.236 e. The third-order valence-corrected chi connectivity index (χ3v) is 5.54. The smallest absolute Gasteiger partial charge is 0.161 e. The van der Waals surface area contributed by atoms with Crippen molar-refractivity contribution in [1.29, 1.82) is 0 Å². The van der Waals surface area contributed by atoms with Crippen LogP contribution in [0.25, 0.3) is 44.5 Å². The van der Waals surface area contributed by atoms with Crippen LogP contribution >= 0.6 is 0 Å². The van der Waals surface area contributed by atoms with Gasteiger partial charge in [-0.05, 0) is 54.3 Å². The molecule has 150 valence electrons. The van der Waals surface area contributed by atoms with Gasteiger partial charge in [0, 0.05) is 17.1 Å². The Kier molecular flexibility index (Phi) is 4.79. The van der Waals surface area contributed by atoms with Crippen molar-refractivity contribution in [1.82, 2.24) is 9.97 Å². The third kappa shape index (κ3) is 3.71. The fourth-order valence-electron chi connectivity index (χ4n) is 3.86. The molecule has 1 heterocycles. The minimum atomic E-state index is -0.282. The monoisotopic (exact) mass is 404 g/mol. The van der Waals surface area contributed by atoms with Crippen LogP contribution in [0, 0.1) is 19.7 Å². The number of hydrogen-bond donors (Lipinski definition) is 0. The van der Waals surface area contributed by atoms with Crippen molar-refractivity contribution in [3.05, 3.63) is 108 Å². The lowest BCUT2D eigenvalue weighted by atomic mass is 9.90. The number of fused-ring (bicyclic) bond motifs is 1. The zero-order valence-electron chi connectivity index (χ0n) is 17.4. The molecule has 0 saturated heterocycles. The van der Waals surface area contributed by atoms with Crippen molar-refractivity contribution < 1.29 is 4.39 Å². The highest BCUT2D eigenvalue weighted by Gasteiger charge is 2.19. The van der Waals surface area contributed by atoms with E-state index in [2.05, 4.69) is 4.98 Å². The second-order valence-corrected chi connectivity index (χ2v) is 7.86. The number of benzene rings is 4. The summed E-state index contributed by atoms with van der Waals surface area (Å²) in [7, 11) is 0. The highest BCUT2D eigenvalue weighted by atomic mass is 19.1. The second-order valence-electron chi connectivity index (χ2n) is 7.86. The predicted molar refractivity (Wildman–Crippen MR) is 125 cm³/mol. The molecule has 0 unspecified atom stereocenters. The van der Waals surface area contributed by atoms with E-state index in [9.17, 15) is 4.39 Å². The van der Waals surface area contributed by atoms with E-state index in [1.165, 1.54) is 0 Å². The Bertz CT molecular complexity index is 1320. The van der Waals surface area contributed by atoms with E-state index in [0.29, 0.717) is 5.82 Å². The maximum Gasteiger partial charge on any atom is 0.161 e. The summed E-state index contributed by atoms with van der Waals surface area (Å²) in [4.78, 5) is 9.53. The van der Waals surface area contributed by atoms with Gasteiger partial charge in [0.05, 0.1) is 5.52 Å². The van der Waals surface area contributed by atoms with Gasteiger partial charge in [0.1, 0.15) is 5.82 Å². The summed E-state index contributed by atoms with van der Waals surface area (Å²) in [5, 5.41) is 0.974. The SMILES string of the molecule is Cc1ccc(-c2cc(F)cc(-c3ccc(C)cc3)c2-c2ncc3ccccc3n2)cc1. The number of nitrogens with zero attached hydrogens (tertiary/aromatic N) is 2. The standard InChI is InChI=1S/C28H21FN2/c1-18-7-11-20(12-8-18)24-15-23(29)16-25(21-13-9-19(2)10-14-21)27(24)28-30-17-22-5-3-4-6-26(22)31-28/h3-17H,1-2H3. The molecular weight excluding hydrogens is 383 g/mol. The molecule has 3 heteroatoms. The number of halogens is 1. The summed E-state index contributed by atoms with van der Waals surface area (Å²) >= 11 is 0. The fraction of sp³-hybridized carbons (Fsp3) is 0.0714. The van der Waals surface area contributed by atoms with Crippen LogP contribution in [0.2, 0.25) is 0 Å². The van der Waals surface area contributed by atoms with Crippen LogP contribution in [0.5, 0.6) is 0 Å². The molecule has 1 aromatic heterocycles. The Morgan fingerprint density at radius 2 is 1.23 bits per heavy atom. The van der Waals surface area contributed by atoms with Gasteiger partial charge in [-0.1, -0.05) is 77.9 Å². The van der Waals surface area contributed by atoms with Crippen LogP contribution in [0.3, 0.4) is 0 Å². The van der Waals surface area contributed by atoms with E-state index in [4.69, 9.17) is 4.98 Å². The Balaban J connectivity index is 1.83. The zero-order valence-corrected chi connectivity index (χ0v) is 17.4. The molecule has 0 aliphatic heterocycles. The van der Waals surface area contributed by atoms with Crippen molar-refractivity contribution in [3.63, 3.8) is 0 Å². The quantitative estimate of drug-likeness (QED) is 0.313. The number of hydrogen-bond acceptors (Lipinski definition) is 2. The Morgan fingerprint density at radius 1 is 0.677 bits per heavy atom. The number of aryl methyl sites for hydroxylation is 2. The van der Waals surface area contributed by atoms with Gasteiger partial charge in [-0.2, -0.15) is 0 Å². The first-order chi connectivity index (χ1) is 15.1. The number of rotatable bonds is 3. The lowest BCUT2D eigenvalue weighted by molar-refractivity contribution is 0.629. The van der Waals surface area contributed by atoms with Gasteiger partial charge >= 0.3 is 0 Å². The van der Waals surface area contributed by atoms with Crippen molar-refractivity contribution in [3.8, 4) is 33.6 Å². The molecule has 0 atom stereocenters. The normalized spacial score (nSPS) is 11.1. The van der Waals surface area contributed by atoms with E-state index in [1.807, 2.05) is 92.8 Å². The van der Waals surface area contributed by atoms with Crippen molar-refractivity contribution >= 4 is 10.9 Å². The summed E-state index contributed by atoms with van der Waals surface area (Å²) in [6.07, 6.45) is 1.83.